The quantitative estimate of drug-likeness (QED) is 0.656. The van der Waals surface area contributed by atoms with Crippen LogP contribution >= 0.6 is 0 Å². The molecule has 0 aromatic heterocycles. The van der Waals surface area contributed by atoms with Crippen molar-refractivity contribution in [3.05, 3.63) is 96.3 Å². The molecule has 0 aliphatic carbocycles. The zero-order valence-electron chi connectivity index (χ0n) is 15.7. The summed E-state index contributed by atoms with van der Waals surface area (Å²) in [5.74, 6) is -0.298. The Morgan fingerprint density at radius 3 is 1.81 bits per heavy atom. The summed E-state index contributed by atoms with van der Waals surface area (Å²) in [4.78, 5) is 12.1. The molecule has 3 aromatic rings. The molecule has 0 fully saturated rings. The Morgan fingerprint density at radius 1 is 0.889 bits per heavy atom. The molecule has 0 spiro atoms. The Bertz CT molecular complexity index is 842. The van der Waals surface area contributed by atoms with Crippen molar-refractivity contribution in [2.24, 2.45) is 0 Å². The Kier molecular flexibility index (Phi) is 5.87. The first-order valence-corrected chi connectivity index (χ1v) is 11.7. The van der Waals surface area contributed by atoms with Gasteiger partial charge in [0, 0.05) is 12.6 Å². The maximum atomic E-state index is 13.3. The fourth-order valence-corrected chi connectivity index (χ4v) is 7.68. The first-order valence-electron chi connectivity index (χ1n) is 9.12. The number of amides is 1. The van der Waals surface area contributed by atoms with E-state index < -0.39 is 8.07 Å². The van der Waals surface area contributed by atoms with Crippen LogP contribution in [0.25, 0.3) is 0 Å². The Labute approximate surface area is 161 Å². The second kappa shape index (κ2) is 8.31. The highest BCUT2D eigenvalue weighted by Gasteiger charge is 2.40. The second-order valence-electron chi connectivity index (χ2n) is 7.02. The molecule has 27 heavy (non-hydrogen) atoms. The van der Waals surface area contributed by atoms with Crippen LogP contribution in [0, 0.1) is 5.82 Å². The van der Waals surface area contributed by atoms with Crippen LogP contribution in [0.5, 0.6) is 0 Å². The van der Waals surface area contributed by atoms with Crippen molar-refractivity contribution in [3.8, 4) is 0 Å². The molecule has 0 radical (unpaired) electrons. The van der Waals surface area contributed by atoms with E-state index >= 15 is 0 Å². The molecule has 1 unspecified atom stereocenters. The number of hydrogen-bond acceptors (Lipinski definition) is 1. The predicted molar refractivity (Wildman–Crippen MR) is 111 cm³/mol. The molecule has 0 aliphatic rings. The lowest BCUT2D eigenvalue weighted by atomic mass is 10.1. The highest BCUT2D eigenvalue weighted by atomic mass is 28.3. The number of carbonyl (C=O) groups excluding carboxylic acids is 1. The van der Waals surface area contributed by atoms with Gasteiger partial charge in [-0.05, 0) is 24.1 Å². The largest absolute Gasteiger partial charge is 0.355 e. The monoisotopic (exact) mass is 377 g/mol. The molecular weight excluding hydrogens is 353 g/mol. The summed E-state index contributed by atoms with van der Waals surface area (Å²) in [6, 6.07) is 27.4. The minimum atomic E-state index is -2.32. The van der Waals surface area contributed by atoms with Gasteiger partial charge in [0.2, 0.25) is 5.91 Å². The van der Waals surface area contributed by atoms with Gasteiger partial charge in [0.05, 0.1) is 0 Å². The average Bonchev–Trinajstić information content (AvgIpc) is 2.69. The number of halogens is 1. The summed E-state index contributed by atoms with van der Waals surface area (Å²) >= 11 is 0. The Balaban J connectivity index is 2.10. The Hall–Kier alpha value is -2.72. The highest BCUT2D eigenvalue weighted by Crippen LogP contribution is 2.16. The maximum Gasteiger partial charge on any atom is 0.216 e. The molecule has 0 heterocycles. The first kappa shape index (κ1) is 19.0. The van der Waals surface area contributed by atoms with E-state index in [0.717, 1.165) is 5.56 Å². The molecule has 1 atom stereocenters. The fraction of sp³-hybridized carbons (Fsp3) is 0.174. The van der Waals surface area contributed by atoms with E-state index in [-0.39, 0.29) is 17.4 Å². The van der Waals surface area contributed by atoms with Crippen molar-refractivity contribution in [1.29, 1.82) is 0 Å². The number of carbonyl (C=O) groups is 1. The summed E-state index contributed by atoms with van der Waals surface area (Å²) in [6.45, 7) is 3.85. The summed E-state index contributed by atoms with van der Waals surface area (Å²) < 4.78 is 13.3. The summed E-state index contributed by atoms with van der Waals surface area (Å²) in [5.41, 5.74) is 0.964. The van der Waals surface area contributed by atoms with E-state index in [2.05, 4.69) is 36.1 Å². The smallest absolute Gasteiger partial charge is 0.216 e. The molecule has 1 N–H and O–H groups in total. The number of nitrogens with one attached hydrogen (secondary N) is 1. The van der Waals surface area contributed by atoms with Gasteiger partial charge in [-0.1, -0.05) is 89.7 Å². The van der Waals surface area contributed by atoms with Crippen molar-refractivity contribution in [2.75, 3.05) is 0 Å². The van der Waals surface area contributed by atoms with Gasteiger partial charge in [-0.25, -0.2) is 4.39 Å². The standard InChI is InChI=1S/C23H24FNOSi/c1-18(26)25-23(17-19-13-15-20(24)16-14-19)27(2,21-9-5-3-6-10-21)22-11-7-4-8-12-22/h3-16,23H,17H2,1-2H3,(H,25,26). The minimum absolute atomic E-state index is 0.0484. The van der Waals surface area contributed by atoms with Gasteiger partial charge in [-0.15, -0.1) is 0 Å². The molecule has 1 amide bonds. The lowest BCUT2D eigenvalue weighted by Gasteiger charge is -2.37. The molecule has 4 heteroatoms. The van der Waals surface area contributed by atoms with Gasteiger partial charge in [0.25, 0.3) is 0 Å². The zero-order chi connectivity index (χ0) is 19.3. The number of rotatable bonds is 6. The molecule has 0 aliphatic heterocycles. The fourth-order valence-electron chi connectivity index (χ4n) is 3.64. The topological polar surface area (TPSA) is 29.1 Å². The number of benzene rings is 3. The first-order chi connectivity index (χ1) is 13.0. The Morgan fingerprint density at radius 2 is 1.37 bits per heavy atom. The molecule has 0 bridgehead atoms. The van der Waals surface area contributed by atoms with Crippen LogP contribution in [-0.2, 0) is 11.2 Å². The van der Waals surface area contributed by atoms with Crippen molar-refractivity contribution >= 4 is 24.4 Å². The van der Waals surface area contributed by atoms with Gasteiger partial charge < -0.3 is 5.32 Å². The van der Waals surface area contributed by atoms with Crippen LogP contribution in [0.4, 0.5) is 4.39 Å². The van der Waals surface area contributed by atoms with Crippen molar-refractivity contribution in [1.82, 2.24) is 5.32 Å². The second-order valence-corrected chi connectivity index (χ2v) is 11.3. The van der Waals surface area contributed by atoms with Crippen LogP contribution < -0.4 is 15.7 Å². The van der Waals surface area contributed by atoms with E-state index in [1.807, 2.05) is 36.4 Å². The van der Waals surface area contributed by atoms with E-state index in [0.29, 0.717) is 6.42 Å². The van der Waals surface area contributed by atoms with Gasteiger partial charge in [-0.2, -0.15) is 0 Å². The number of hydrogen-bond donors (Lipinski definition) is 1. The normalized spacial score (nSPS) is 12.4. The van der Waals surface area contributed by atoms with Gasteiger partial charge in [0.1, 0.15) is 13.9 Å². The van der Waals surface area contributed by atoms with Crippen molar-refractivity contribution in [3.63, 3.8) is 0 Å². The zero-order valence-corrected chi connectivity index (χ0v) is 16.7. The van der Waals surface area contributed by atoms with Gasteiger partial charge >= 0.3 is 0 Å². The van der Waals surface area contributed by atoms with Crippen molar-refractivity contribution in [2.45, 2.75) is 25.6 Å². The molecule has 3 rings (SSSR count). The van der Waals surface area contributed by atoms with E-state index in [4.69, 9.17) is 0 Å². The molecule has 138 valence electrons. The third-order valence-electron chi connectivity index (χ3n) is 5.17. The predicted octanol–water partition coefficient (Wildman–Crippen LogP) is 3.31. The molecule has 0 saturated heterocycles. The van der Waals surface area contributed by atoms with Gasteiger partial charge in [-0.3, -0.25) is 4.79 Å². The van der Waals surface area contributed by atoms with Crippen LogP contribution in [0.15, 0.2) is 84.9 Å². The minimum Gasteiger partial charge on any atom is -0.355 e. The summed E-state index contributed by atoms with van der Waals surface area (Å²) in [5, 5.41) is 5.73. The highest BCUT2D eigenvalue weighted by molar-refractivity contribution is 7.02. The average molecular weight is 378 g/mol. The molecule has 0 saturated carbocycles. The molecule has 3 aromatic carbocycles. The van der Waals surface area contributed by atoms with E-state index in [9.17, 15) is 9.18 Å². The van der Waals surface area contributed by atoms with Crippen LogP contribution in [0.1, 0.15) is 12.5 Å². The molecule has 2 nitrogen and oxygen atoms in total. The van der Waals surface area contributed by atoms with E-state index in [1.54, 1.807) is 19.1 Å². The van der Waals surface area contributed by atoms with Crippen LogP contribution in [0.2, 0.25) is 6.55 Å². The summed E-state index contributed by atoms with van der Waals surface area (Å²) in [7, 11) is -2.32. The molecular formula is C23H24FNOSi. The third-order valence-corrected chi connectivity index (χ3v) is 9.98. The summed E-state index contributed by atoms with van der Waals surface area (Å²) in [6.07, 6.45) is 0.659. The third kappa shape index (κ3) is 4.34. The van der Waals surface area contributed by atoms with E-state index in [1.165, 1.54) is 22.5 Å². The van der Waals surface area contributed by atoms with Gasteiger partial charge in [0.15, 0.2) is 0 Å². The lowest BCUT2D eigenvalue weighted by Crippen LogP contribution is -2.69. The SMILES string of the molecule is CC(=O)NC(Cc1ccc(F)cc1)[Si](C)(c1ccccc1)c1ccccc1. The van der Waals surface area contributed by atoms with Crippen molar-refractivity contribution < 1.29 is 9.18 Å². The van der Waals surface area contributed by atoms with Crippen LogP contribution in [0.3, 0.4) is 0 Å². The lowest BCUT2D eigenvalue weighted by molar-refractivity contribution is -0.119. The maximum absolute atomic E-state index is 13.3. The van der Waals surface area contributed by atoms with Crippen LogP contribution in [-0.4, -0.2) is 19.6 Å².